The number of halogens is 3. The second-order valence-corrected chi connectivity index (χ2v) is 8.37. The molecule has 0 heterocycles. The zero-order valence-electron chi connectivity index (χ0n) is 21.5. The molecule has 3 rings (SSSR count). The summed E-state index contributed by atoms with van der Waals surface area (Å²) < 4.78 is 49.4. The van der Waals surface area contributed by atoms with Crippen LogP contribution in [0.2, 0.25) is 0 Å². The number of hydrogen-bond acceptors (Lipinski definition) is 6. The van der Waals surface area contributed by atoms with Crippen molar-refractivity contribution in [3.8, 4) is 11.5 Å². The zero-order valence-corrected chi connectivity index (χ0v) is 21.5. The molecule has 3 N–H and O–H groups in total. The van der Waals surface area contributed by atoms with Crippen molar-refractivity contribution in [3.63, 3.8) is 0 Å². The molecule has 0 aliphatic rings. The van der Waals surface area contributed by atoms with Gasteiger partial charge in [-0.3, -0.25) is 14.4 Å². The molecule has 210 valence electrons. The summed E-state index contributed by atoms with van der Waals surface area (Å²) in [4.78, 5) is 36.3. The summed E-state index contributed by atoms with van der Waals surface area (Å²) in [5.74, 6) is -1.63. The average molecular weight is 557 g/mol. The summed E-state index contributed by atoms with van der Waals surface area (Å²) in [6, 6.07) is 17.1. The quantitative estimate of drug-likeness (QED) is 0.133. The molecule has 0 spiro atoms. The maximum absolute atomic E-state index is 12.8. The molecule has 0 unspecified atom stereocenters. The standard InChI is InChI=1S/C28H27F3N4O5/c1-2-3-14-39-23-12-10-21(11-13-23)34-26(37)27(38)35-32-17-19-6-4-9-24(15-19)40-18-25(36)33-22-8-5-7-20(16-22)28(29,30)31/h4-13,15-17H,2-3,14,18H2,1H3,(H,33,36)(H,34,37)(H,35,38)/b32-17-. The van der Waals surface area contributed by atoms with Crippen molar-refractivity contribution >= 4 is 35.3 Å². The van der Waals surface area contributed by atoms with Gasteiger partial charge in [-0.25, -0.2) is 5.43 Å². The molecule has 9 nitrogen and oxygen atoms in total. The van der Waals surface area contributed by atoms with Gasteiger partial charge in [0.15, 0.2) is 6.61 Å². The highest BCUT2D eigenvalue weighted by Gasteiger charge is 2.30. The third-order valence-electron chi connectivity index (χ3n) is 5.17. The first-order valence-corrected chi connectivity index (χ1v) is 12.2. The number of amides is 3. The summed E-state index contributed by atoms with van der Waals surface area (Å²) in [6.45, 7) is 2.19. The highest BCUT2D eigenvalue weighted by Crippen LogP contribution is 2.30. The first-order chi connectivity index (χ1) is 19.1. The lowest BCUT2D eigenvalue weighted by molar-refractivity contribution is -0.137. The molecule has 3 amide bonds. The van der Waals surface area contributed by atoms with Crippen LogP contribution >= 0.6 is 0 Å². The minimum absolute atomic E-state index is 0.0162. The van der Waals surface area contributed by atoms with Crippen LogP contribution in [0.3, 0.4) is 0 Å². The number of carbonyl (C=O) groups excluding carboxylic acids is 3. The van der Waals surface area contributed by atoms with Gasteiger partial charge in [0.1, 0.15) is 11.5 Å². The fraction of sp³-hybridized carbons (Fsp3) is 0.214. The van der Waals surface area contributed by atoms with Gasteiger partial charge in [0.25, 0.3) is 5.91 Å². The van der Waals surface area contributed by atoms with Gasteiger partial charge in [-0.2, -0.15) is 18.3 Å². The fourth-order valence-corrected chi connectivity index (χ4v) is 3.18. The van der Waals surface area contributed by atoms with Crippen molar-refractivity contribution in [1.29, 1.82) is 0 Å². The molecule has 0 aromatic heterocycles. The van der Waals surface area contributed by atoms with E-state index in [1.165, 1.54) is 24.4 Å². The molecular formula is C28H27F3N4O5. The Balaban J connectivity index is 1.45. The number of ether oxygens (including phenoxy) is 2. The zero-order chi connectivity index (χ0) is 29.0. The van der Waals surface area contributed by atoms with Gasteiger partial charge in [-0.05, 0) is 66.6 Å². The van der Waals surface area contributed by atoms with Crippen molar-refractivity contribution in [1.82, 2.24) is 5.43 Å². The number of alkyl halides is 3. The second-order valence-electron chi connectivity index (χ2n) is 8.37. The van der Waals surface area contributed by atoms with Crippen LogP contribution in [0.15, 0.2) is 77.9 Å². The molecule has 0 bridgehead atoms. The number of rotatable bonds is 11. The van der Waals surface area contributed by atoms with Crippen LogP contribution in [-0.4, -0.2) is 37.1 Å². The number of hydrogen-bond donors (Lipinski definition) is 3. The first kappa shape index (κ1) is 29.7. The molecule has 0 aliphatic heterocycles. The predicted octanol–water partition coefficient (Wildman–Crippen LogP) is 4.99. The van der Waals surface area contributed by atoms with Gasteiger partial charge in [-0.1, -0.05) is 31.5 Å². The van der Waals surface area contributed by atoms with E-state index in [0.717, 1.165) is 25.0 Å². The van der Waals surface area contributed by atoms with E-state index in [1.54, 1.807) is 42.5 Å². The molecule has 0 saturated carbocycles. The van der Waals surface area contributed by atoms with Crippen LogP contribution in [0, 0.1) is 0 Å². The largest absolute Gasteiger partial charge is 0.494 e. The van der Waals surface area contributed by atoms with E-state index >= 15 is 0 Å². The Morgan fingerprint density at radius 2 is 1.60 bits per heavy atom. The Morgan fingerprint density at radius 3 is 2.33 bits per heavy atom. The highest BCUT2D eigenvalue weighted by molar-refractivity contribution is 6.39. The first-order valence-electron chi connectivity index (χ1n) is 12.2. The van der Waals surface area contributed by atoms with Crippen molar-refractivity contribution in [2.75, 3.05) is 23.8 Å². The normalized spacial score (nSPS) is 11.1. The minimum atomic E-state index is -4.53. The molecule has 0 fully saturated rings. The van der Waals surface area contributed by atoms with E-state index in [-0.39, 0.29) is 11.4 Å². The summed E-state index contributed by atoms with van der Waals surface area (Å²) in [5.41, 5.74) is 2.11. The molecular weight excluding hydrogens is 529 g/mol. The Morgan fingerprint density at radius 1 is 0.850 bits per heavy atom. The van der Waals surface area contributed by atoms with E-state index in [9.17, 15) is 27.6 Å². The summed E-state index contributed by atoms with van der Waals surface area (Å²) in [5, 5.41) is 8.55. The van der Waals surface area contributed by atoms with E-state index in [4.69, 9.17) is 9.47 Å². The van der Waals surface area contributed by atoms with Gasteiger partial charge in [-0.15, -0.1) is 0 Å². The molecule has 0 saturated heterocycles. The van der Waals surface area contributed by atoms with Crippen molar-refractivity contribution < 1.29 is 37.0 Å². The molecule has 3 aromatic rings. The van der Waals surface area contributed by atoms with Crippen LogP contribution in [-0.2, 0) is 20.6 Å². The molecule has 12 heteroatoms. The number of anilines is 2. The molecule has 0 atom stereocenters. The van der Waals surface area contributed by atoms with E-state index in [1.807, 2.05) is 0 Å². The van der Waals surface area contributed by atoms with Crippen molar-refractivity contribution in [2.45, 2.75) is 25.9 Å². The van der Waals surface area contributed by atoms with Gasteiger partial charge >= 0.3 is 18.0 Å². The average Bonchev–Trinajstić information content (AvgIpc) is 2.93. The number of nitrogens with zero attached hydrogens (tertiary/aromatic N) is 1. The van der Waals surface area contributed by atoms with Crippen LogP contribution in [0.5, 0.6) is 11.5 Å². The van der Waals surface area contributed by atoms with Gasteiger partial charge in [0, 0.05) is 11.4 Å². The van der Waals surface area contributed by atoms with Crippen molar-refractivity contribution in [3.05, 3.63) is 83.9 Å². The monoisotopic (exact) mass is 556 g/mol. The lowest BCUT2D eigenvalue weighted by Crippen LogP contribution is -2.32. The molecule has 0 aliphatic carbocycles. The lowest BCUT2D eigenvalue weighted by Gasteiger charge is -2.10. The topological polar surface area (TPSA) is 118 Å². The molecule has 40 heavy (non-hydrogen) atoms. The Bertz CT molecular complexity index is 1340. The Hall–Kier alpha value is -4.87. The van der Waals surface area contributed by atoms with E-state index in [2.05, 4.69) is 28.1 Å². The van der Waals surface area contributed by atoms with Crippen LogP contribution in [0.4, 0.5) is 24.5 Å². The third kappa shape index (κ3) is 9.78. The number of unbranched alkanes of at least 4 members (excludes halogenated alkanes) is 1. The minimum Gasteiger partial charge on any atom is -0.494 e. The van der Waals surface area contributed by atoms with Crippen LogP contribution < -0.4 is 25.5 Å². The number of nitrogens with one attached hydrogen (secondary N) is 3. The predicted molar refractivity (Wildman–Crippen MR) is 143 cm³/mol. The summed E-state index contributed by atoms with van der Waals surface area (Å²) in [7, 11) is 0. The maximum atomic E-state index is 12.8. The Kier molecular flexibility index (Phi) is 10.6. The fourth-order valence-electron chi connectivity index (χ4n) is 3.18. The highest BCUT2D eigenvalue weighted by atomic mass is 19.4. The van der Waals surface area contributed by atoms with E-state index < -0.39 is 36.1 Å². The number of hydrazone groups is 1. The number of carbonyl (C=O) groups is 3. The third-order valence-corrected chi connectivity index (χ3v) is 5.17. The maximum Gasteiger partial charge on any atom is 0.416 e. The second kappa shape index (κ2) is 14.3. The number of benzene rings is 3. The van der Waals surface area contributed by atoms with Crippen LogP contribution in [0.1, 0.15) is 30.9 Å². The van der Waals surface area contributed by atoms with Gasteiger partial charge in [0.2, 0.25) is 0 Å². The van der Waals surface area contributed by atoms with Gasteiger partial charge < -0.3 is 20.1 Å². The van der Waals surface area contributed by atoms with Crippen molar-refractivity contribution in [2.24, 2.45) is 5.10 Å². The van der Waals surface area contributed by atoms with Gasteiger partial charge in [0.05, 0.1) is 18.4 Å². The lowest BCUT2D eigenvalue weighted by atomic mass is 10.2. The summed E-state index contributed by atoms with van der Waals surface area (Å²) >= 11 is 0. The smallest absolute Gasteiger partial charge is 0.416 e. The molecule has 3 aromatic carbocycles. The Labute approximate surface area is 228 Å². The molecule has 0 radical (unpaired) electrons. The summed E-state index contributed by atoms with van der Waals surface area (Å²) in [6.07, 6.45) is -1.32. The SMILES string of the molecule is CCCCOc1ccc(NC(=O)C(=O)N/N=C\c2cccc(OCC(=O)Nc3cccc(C(F)(F)F)c3)c2)cc1. The van der Waals surface area contributed by atoms with Crippen LogP contribution in [0.25, 0.3) is 0 Å². The van der Waals surface area contributed by atoms with E-state index in [0.29, 0.717) is 23.6 Å².